The van der Waals surface area contributed by atoms with E-state index in [1.54, 1.807) is 7.11 Å². The average molecular weight is 227 g/mol. The molecule has 1 unspecified atom stereocenters. The molecule has 0 aliphatic carbocycles. The molecule has 1 atom stereocenters. The molecule has 2 heteroatoms. The van der Waals surface area contributed by atoms with Crippen molar-refractivity contribution in [2.75, 3.05) is 13.0 Å². The van der Waals surface area contributed by atoms with E-state index in [1.165, 1.54) is 16.7 Å². The summed E-state index contributed by atoms with van der Waals surface area (Å²) in [5, 5.41) is 0. The van der Waals surface area contributed by atoms with Crippen molar-refractivity contribution in [1.29, 1.82) is 0 Å². The van der Waals surface area contributed by atoms with Gasteiger partial charge in [-0.25, -0.2) is 0 Å². The largest absolute Gasteiger partial charge is 0.496 e. The molecule has 0 radical (unpaired) electrons. The fourth-order valence-electron chi connectivity index (χ4n) is 1.69. The number of methoxy groups -OCH3 is 1. The highest BCUT2D eigenvalue weighted by atomic mass is 35.5. The lowest BCUT2D eigenvalue weighted by molar-refractivity contribution is 0.405. The van der Waals surface area contributed by atoms with E-state index in [9.17, 15) is 0 Å². The van der Waals surface area contributed by atoms with Crippen molar-refractivity contribution in [1.82, 2.24) is 0 Å². The van der Waals surface area contributed by atoms with E-state index in [4.69, 9.17) is 16.3 Å². The van der Waals surface area contributed by atoms with Crippen molar-refractivity contribution in [2.24, 2.45) is 0 Å². The van der Waals surface area contributed by atoms with Gasteiger partial charge in [0.25, 0.3) is 0 Å². The monoisotopic (exact) mass is 226 g/mol. The summed E-state index contributed by atoms with van der Waals surface area (Å²) in [5.41, 5.74) is 3.85. The molecule has 0 N–H and O–H groups in total. The minimum atomic E-state index is 0.455. The smallest absolute Gasteiger partial charge is 0.122 e. The van der Waals surface area contributed by atoms with Crippen LogP contribution in [0.1, 0.15) is 36.0 Å². The Morgan fingerprint density at radius 3 is 2.40 bits per heavy atom. The average Bonchev–Trinajstić information content (AvgIpc) is 2.21. The fraction of sp³-hybridized carbons (Fsp3) is 0.538. The third-order valence-electron chi connectivity index (χ3n) is 2.92. The van der Waals surface area contributed by atoms with Crippen LogP contribution in [0.25, 0.3) is 0 Å². The zero-order valence-corrected chi connectivity index (χ0v) is 10.7. The van der Waals surface area contributed by atoms with Crippen molar-refractivity contribution >= 4 is 11.6 Å². The number of benzene rings is 1. The standard InChI is InChI=1S/C13H19ClO/c1-9(5-6-14)12-7-10(2)11(3)8-13(12)15-4/h7-9H,5-6H2,1-4H3. The lowest BCUT2D eigenvalue weighted by Gasteiger charge is -2.16. The summed E-state index contributed by atoms with van der Waals surface area (Å²) in [6.45, 7) is 6.43. The number of hydrogen-bond acceptors (Lipinski definition) is 1. The third kappa shape index (κ3) is 2.88. The first-order chi connectivity index (χ1) is 7.10. The Balaban J connectivity index is 3.09. The molecule has 0 spiro atoms. The second-order valence-corrected chi connectivity index (χ2v) is 4.44. The van der Waals surface area contributed by atoms with Gasteiger partial charge in [0, 0.05) is 5.88 Å². The molecule has 0 amide bonds. The van der Waals surface area contributed by atoms with Gasteiger partial charge in [0.1, 0.15) is 5.75 Å². The minimum Gasteiger partial charge on any atom is -0.496 e. The van der Waals surface area contributed by atoms with Crippen LogP contribution < -0.4 is 4.74 Å². The third-order valence-corrected chi connectivity index (χ3v) is 3.14. The number of rotatable bonds is 4. The van der Waals surface area contributed by atoms with Crippen LogP contribution in [0.15, 0.2) is 12.1 Å². The van der Waals surface area contributed by atoms with E-state index in [0.717, 1.165) is 12.2 Å². The predicted molar refractivity (Wildman–Crippen MR) is 66.2 cm³/mol. The van der Waals surface area contributed by atoms with Gasteiger partial charge in [0.15, 0.2) is 0 Å². The number of halogens is 1. The molecule has 1 aromatic rings. The van der Waals surface area contributed by atoms with Crippen LogP contribution in [0, 0.1) is 13.8 Å². The molecule has 1 rings (SSSR count). The van der Waals surface area contributed by atoms with E-state index < -0.39 is 0 Å². The van der Waals surface area contributed by atoms with E-state index in [2.05, 4.69) is 32.9 Å². The molecule has 0 saturated carbocycles. The van der Waals surface area contributed by atoms with Crippen LogP contribution >= 0.6 is 11.6 Å². The number of hydrogen-bond donors (Lipinski definition) is 0. The molecular formula is C13H19ClO. The molecule has 0 aliphatic rings. The van der Waals surface area contributed by atoms with Crippen molar-refractivity contribution in [3.63, 3.8) is 0 Å². The summed E-state index contributed by atoms with van der Waals surface area (Å²) < 4.78 is 5.41. The van der Waals surface area contributed by atoms with Crippen molar-refractivity contribution in [3.8, 4) is 5.75 Å². The zero-order chi connectivity index (χ0) is 11.4. The highest BCUT2D eigenvalue weighted by Gasteiger charge is 2.12. The lowest BCUT2D eigenvalue weighted by atomic mass is 9.94. The lowest BCUT2D eigenvalue weighted by Crippen LogP contribution is -2.00. The van der Waals surface area contributed by atoms with Gasteiger partial charge < -0.3 is 4.74 Å². The van der Waals surface area contributed by atoms with Crippen LogP contribution in [-0.4, -0.2) is 13.0 Å². The molecule has 0 aliphatic heterocycles. The molecule has 0 bridgehead atoms. The van der Waals surface area contributed by atoms with Crippen LogP contribution in [0.2, 0.25) is 0 Å². The van der Waals surface area contributed by atoms with E-state index >= 15 is 0 Å². The Bertz CT molecular complexity index is 334. The minimum absolute atomic E-state index is 0.455. The maximum Gasteiger partial charge on any atom is 0.122 e. The summed E-state index contributed by atoms with van der Waals surface area (Å²) in [5.74, 6) is 2.13. The van der Waals surface area contributed by atoms with Crippen LogP contribution in [0.3, 0.4) is 0 Å². The van der Waals surface area contributed by atoms with Gasteiger partial charge in [0.2, 0.25) is 0 Å². The van der Waals surface area contributed by atoms with Gasteiger partial charge in [-0.3, -0.25) is 0 Å². The van der Waals surface area contributed by atoms with E-state index in [0.29, 0.717) is 11.8 Å². The van der Waals surface area contributed by atoms with E-state index in [-0.39, 0.29) is 0 Å². The van der Waals surface area contributed by atoms with Crippen molar-refractivity contribution in [3.05, 3.63) is 28.8 Å². The van der Waals surface area contributed by atoms with Gasteiger partial charge in [0.05, 0.1) is 7.11 Å². The maximum atomic E-state index is 5.77. The van der Waals surface area contributed by atoms with Crippen LogP contribution in [-0.2, 0) is 0 Å². The molecule has 1 aromatic carbocycles. The van der Waals surface area contributed by atoms with E-state index in [1.807, 2.05) is 0 Å². The van der Waals surface area contributed by atoms with Crippen LogP contribution in [0.4, 0.5) is 0 Å². The normalized spacial score (nSPS) is 12.6. The molecule has 15 heavy (non-hydrogen) atoms. The SMILES string of the molecule is COc1cc(C)c(C)cc1C(C)CCCl. The Morgan fingerprint density at radius 1 is 1.27 bits per heavy atom. The number of ether oxygens (including phenoxy) is 1. The predicted octanol–water partition coefficient (Wildman–Crippen LogP) is 4.04. The highest BCUT2D eigenvalue weighted by Crippen LogP contribution is 2.31. The van der Waals surface area contributed by atoms with Crippen LogP contribution in [0.5, 0.6) is 5.75 Å². The van der Waals surface area contributed by atoms with Gasteiger partial charge in [-0.05, 0) is 48.9 Å². The van der Waals surface area contributed by atoms with Crippen molar-refractivity contribution < 1.29 is 4.74 Å². The quantitative estimate of drug-likeness (QED) is 0.704. The van der Waals surface area contributed by atoms with Gasteiger partial charge in [-0.2, -0.15) is 0 Å². The topological polar surface area (TPSA) is 9.23 Å². The van der Waals surface area contributed by atoms with Crippen molar-refractivity contribution in [2.45, 2.75) is 33.1 Å². The molecular weight excluding hydrogens is 208 g/mol. The molecule has 0 aromatic heterocycles. The molecule has 1 nitrogen and oxygen atoms in total. The van der Waals surface area contributed by atoms with Gasteiger partial charge in [-0.15, -0.1) is 11.6 Å². The summed E-state index contributed by atoms with van der Waals surface area (Å²) in [6, 6.07) is 4.32. The Morgan fingerprint density at radius 2 is 1.87 bits per heavy atom. The number of aryl methyl sites for hydroxylation is 2. The maximum absolute atomic E-state index is 5.77. The molecule has 0 saturated heterocycles. The second kappa shape index (κ2) is 5.41. The Kier molecular flexibility index (Phi) is 4.46. The number of alkyl halides is 1. The first kappa shape index (κ1) is 12.4. The van der Waals surface area contributed by atoms with Gasteiger partial charge >= 0.3 is 0 Å². The summed E-state index contributed by atoms with van der Waals surface area (Å²) in [4.78, 5) is 0. The first-order valence-electron chi connectivity index (χ1n) is 5.31. The highest BCUT2D eigenvalue weighted by molar-refractivity contribution is 6.17. The summed E-state index contributed by atoms with van der Waals surface area (Å²) in [6.07, 6.45) is 0.987. The second-order valence-electron chi connectivity index (χ2n) is 4.06. The molecule has 0 heterocycles. The van der Waals surface area contributed by atoms with Gasteiger partial charge in [-0.1, -0.05) is 13.0 Å². The fourth-order valence-corrected chi connectivity index (χ4v) is 2.02. The molecule has 84 valence electrons. The Hall–Kier alpha value is -0.690. The Labute approximate surface area is 97.4 Å². The summed E-state index contributed by atoms with van der Waals surface area (Å²) in [7, 11) is 1.72. The summed E-state index contributed by atoms with van der Waals surface area (Å²) >= 11 is 5.77. The first-order valence-corrected chi connectivity index (χ1v) is 5.84. The molecule has 0 fully saturated rings. The zero-order valence-electron chi connectivity index (χ0n) is 9.93.